The van der Waals surface area contributed by atoms with Crippen LogP contribution in [0.3, 0.4) is 0 Å². The summed E-state index contributed by atoms with van der Waals surface area (Å²) >= 11 is 0. The zero-order valence-corrected chi connectivity index (χ0v) is 19.3. The van der Waals surface area contributed by atoms with Crippen molar-refractivity contribution in [2.75, 3.05) is 43.5 Å². The van der Waals surface area contributed by atoms with E-state index in [1.807, 2.05) is 66.4 Å². The molecule has 1 aliphatic rings. The second-order valence-corrected chi connectivity index (χ2v) is 8.14. The van der Waals surface area contributed by atoms with Gasteiger partial charge in [-0.3, -0.25) is 9.59 Å². The van der Waals surface area contributed by atoms with Crippen LogP contribution in [0.25, 0.3) is 0 Å². The van der Waals surface area contributed by atoms with Crippen LogP contribution in [0.4, 0.5) is 11.4 Å². The highest BCUT2D eigenvalue weighted by Crippen LogP contribution is 2.29. The number of aryl methyl sites for hydroxylation is 1. The number of nitrogens with one attached hydrogen (secondary N) is 1. The van der Waals surface area contributed by atoms with Crippen molar-refractivity contribution in [2.45, 2.75) is 6.92 Å². The Morgan fingerprint density at radius 2 is 1.50 bits per heavy atom. The quantitative estimate of drug-likeness (QED) is 0.586. The molecule has 7 heteroatoms. The molecule has 0 aromatic heterocycles. The van der Waals surface area contributed by atoms with Crippen molar-refractivity contribution >= 4 is 29.2 Å². The molecule has 0 bridgehead atoms. The number of piperazine rings is 1. The highest BCUT2D eigenvalue weighted by Gasteiger charge is 2.25. The Bertz CT molecular complexity index is 1200. The lowest BCUT2D eigenvalue weighted by Crippen LogP contribution is -2.49. The molecule has 0 aliphatic carbocycles. The maximum absolute atomic E-state index is 13.0. The largest absolute Gasteiger partial charge is 0.465 e. The van der Waals surface area contributed by atoms with Crippen LogP contribution in [-0.4, -0.2) is 56.0 Å². The van der Waals surface area contributed by atoms with E-state index in [2.05, 4.69) is 10.2 Å². The molecular formula is C27H27N3O4. The maximum Gasteiger partial charge on any atom is 0.337 e. The van der Waals surface area contributed by atoms with Gasteiger partial charge in [-0.1, -0.05) is 36.4 Å². The van der Waals surface area contributed by atoms with Crippen LogP contribution in [0.1, 0.15) is 36.6 Å². The minimum absolute atomic E-state index is 0.00867. The normalized spacial score (nSPS) is 13.4. The number of methoxy groups -OCH3 is 1. The number of amides is 2. The molecule has 174 valence electrons. The molecule has 0 unspecified atom stereocenters. The van der Waals surface area contributed by atoms with E-state index in [1.165, 1.54) is 7.11 Å². The van der Waals surface area contributed by atoms with E-state index < -0.39 is 5.97 Å². The summed E-state index contributed by atoms with van der Waals surface area (Å²) in [5.74, 6) is -0.718. The lowest BCUT2D eigenvalue weighted by molar-refractivity contribution is 0.0600. The van der Waals surface area contributed by atoms with Crippen LogP contribution in [0.15, 0.2) is 72.8 Å². The van der Waals surface area contributed by atoms with Gasteiger partial charge >= 0.3 is 5.97 Å². The molecule has 1 aliphatic heterocycles. The van der Waals surface area contributed by atoms with Gasteiger partial charge in [0.05, 0.1) is 24.0 Å². The Morgan fingerprint density at radius 3 is 2.18 bits per heavy atom. The van der Waals surface area contributed by atoms with Gasteiger partial charge in [0.2, 0.25) is 0 Å². The lowest BCUT2D eigenvalue weighted by atomic mass is 10.1. The predicted octanol–water partition coefficient (Wildman–Crippen LogP) is 4.00. The summed E-state index contributed by atoms with van der Waals surface area (Å²) in [6.45, 7) is 4.19. The molecule has 1 saturated heterocycles. The molecule has 2 amide bonds. The summed E-state index contributed by atoms with van der Waals surface area (Å²) in [5, 5.41) is 2.98. The molecule has 0 radical (unpaired) electrons. The van der Waals surface area contributed by atoms with Crippen LogP contribution in [0.5, 0.6) is 0 Å². The number of benzene rings is 3. The highest BCUT2D eigenvalue weighted by molar-refractivity contribution is 6.07. The van der Waals surface area contributed by atoms with E-state index in [1.54, 1.807) is 18.2 Å². The van der Waals surface area contributed by atoms with Gasteiger partial charge in [0.1, 0.15) is 0 Å². The molecular weight excluding hydrogens is 430 g/mol. The maximum atomic E-state index is 13.0. The average Bonchev–Trinajstić information content (AvgIpc) is 2.88. The molecule has 0 atom stereocenters. The number of rotatable bonds is 5. The van der Waals surface area contributed by atoms with E-state index in [-0.39, 0.29) is 11.8 Å². The van der Waals surface area contributed by atoms with Crippen LogP contribution in [0, 0.1) is 6.92 Å². The summed E-state index contributed by atoms with van der Waals surface area (Å²) in [6, 6.07) is 21.7. The van der Waals surface area contributed by atoms with Crippen molar-refractivity contribution in [1.29, 1.82) is 0 Å². The van der Waals surface area contributed by atoms with Gasteiger partial charge in [-0.05, 0) is 48.9 Å². The topological polar surface area (TPSA) is 79.0 Å². The summed E-state index contributed by atoms with van der Waals surface area (Å²) in [5.41, 5.74) is 3.77. The molecule has 1 N–H and O–H groups in total. The lowest BCUT2D eigenvalue weighted by Gasteiger charge is -2.37. The third kappa shape index (κ3) is 4.93. The summed E-state index contributed by atoms with van der Waals surface area (Å²) in [7, 11) is 1.32. The van der Waals surface area contributed by atoms with Crippen LogP contribution < -0.4 is 10.2 Å². The standard InChI is InChI=1S/C27H27N3O4/c1-19-8-6-7-11-22(19)25(31)28-23-18-21(27(33)34-2)12-13-24(23)29-14-16-30(17-15-29)26(32)20-9-4-3-5-10-20/h3-13,18H,14-17H2,1-2H3,(H,28,31). The first-order valence-corrected chi connectivity index (χ1v) is 11.2. The van der Waals surface area contributed by atoms with Crippen molar-refractivity contribution in [3.05, 3.63) is 95.1 Å². The summed E-state index contributed by atoms with van der Waals surface area (Å²) in [6.07, 6.45) is 0. The number of esters is 1. The van der Waals surface area contributed by atoms with Crippen molar-refractivity contribution in [3.63, 3.8) is 0 Å². The Morgan fingerprint density at radius 1 is 0.824 bits per heavy atom. The third-order valence-electron chi connectivity index (χ3n) is 5.98. The summed E-state index contributed by atoms with van der Waals surface area (Å²) < 4.78 is 4.86. The molecule has 4 rings (SSSR count). The number of carbonyl (C=O) groups excluding carboxylic acids is 3. The van der Waals surface area contributed by atoms with Gasteiger partial charge in [0.25, 0.3) is 11.8 Å². The molecule has 1 heterocycles. The van der Waals surface area contributed by atoms with Gasteiger partial charge in [0.15, 0.2) is 0 Å². The fraction of sp³-hybridized carbons (Fsp3) is 0.222. The van der Waals surface area contributed by atoms with Crippen LogP contribution in [0.2, 0.25) is 0 Å². The second-order valence-electron chi connectivity index (χ2n) is 8.14. The SMILES string of the molecule is COC(=O)c1ccc(N2CCN(C(=O)c3ccccc3)CC2)c(NC(=O)c2ccccc2C)c1. The summed E-state index contributed by atoms with van der Waals surface area (Å²) in [4.78, 5) is 41.9. The molecule has 7 nitrogen and oxygen atoms in total. The Kier molecular flexibility index (Phi) is 6.92. The van der Waals surface area contributed by atoms with Gasteiger partial charge < -0.3 is 19.9 Å². The zero-order valence-electron chi connectivity index (χ0n) is 19.3. The predicted molar refractivity (Wildman–Crippen MR) is 131 cm³/mol. The highest BCUT2D eigenvalue weighted by atomic mass is 16.5. The van der Waals surface area contributed by atoms with Crippen molar-refractivity contribution in [1.82, 2.24) is 4.90 Å². The molecule has 3 aromatic rings. The van der Waals surface area contributed by atoms with Crippen LogP contribution in [-0.2, 0) is 4.74 Å². The van der Waals surface area contributed by atoms with Gasteiger partial charge in [-0.15, -0.1) is 0 Å². The Hall–Kier alpha value is -4.13. The van der Waals surface area contributed by atoms with Crippen molar-refractivity contribution < 1.29 is 19.1 Å². The Balaban J connectivity index is 1.55. The third-order valence-corrected chi connectivity index (χ3v) is 5.98. The number of nitrogens with zero attached hydrogens (tertiary/aromatic N) is 2. The fourth-order valence-electron chi connectivity index (χ4n) is 4.09. The van der Waals surface area contributed by atoms with E-state index in [9.17, 15) is 14.4 Å². The van der Waals surface area contributed by atoms with E-state index in [0.717, 1.165) is 11.3 Å². The van der Waals surface area contributed by atoms with Crippen molar-refractivity contribution in [3.8, 4) is 0 Å². The van der Waals surface area contributed by atoms with E-state index >= 15 is 0 Å². The van der Waals surface area contributed by atoms with Gasteiger partial charge in [-0.25, -0.2) is 4.79 Å². The monoisotopic (exact) mass is 457 g/mol. The minimum Gasteiger partial charge on any atom is -0.465 e. The first-order chi connectivity index (χ1) is 16.5. The number of anilines is 2. The van der Waals surface area contributed by atoms with Crippen LogP contribution >= 0.6 is 0 Å². The average molecular weight is 458 g/mol. The van der Waals surface area contributed by atoms with E-state index in [0.29, 0.717) is 48.6 Å². The molecule has 0 saturated carbocycles. The number of hydrogen-bond donors (Lipinski definition) is 1. The zero-order chi connectivity index (χ0) is 24.1. The first kappa shape index (κ1) is 23.0. The second kappa shape index (κ2) is 10.2. The fourth-order valence-corrected chi connectivity index (χ4v) is 4.09. The Labute approximate surface area is 198 Å². The molecule has 34 heavy (non-hydrogen) atoms. The smallest absolute Gasteiger partial charge is 0.337 e. The van der Waals surface area contributed by atoms with Gasteiger partial charge in [0, 0.05) is 37.3 Å². The molecule has 1 fully saturated rings. The molecule has 3 aromatic carbocycles. The minimum atomic E-state index is -0.476. The first-order valence-electron chi connectivity index (χ1n) is 11.2. The molecule has 0 spiro atoms. The van der Waals surface area contributed by atoms with Gasteiger partial charge in [-0.2, -0.15) is 0 Å². The van der Waals surface area contributed by atoms with Crippen molar-refractivity contribution in [2.24, 2.45) is 0 Å². The number of ether oxygens (including phenoxy) is 1. The number of carbonyl (C=O) groups is 3. The van der Waals surface area contributed by atoms with E-state index in [4.69, 9.17) is 4.74 Å². The number of hydrogen-bond acceptors (Lipinski definition) is 5.